The lowest BCUT2D eigenvalue weighted by Crippen LogP contribution is -2.13. The first kappa shape index (κ1) is 20.8. The van der Waals surface area contributed by atoms with Crippen molar-refractivity contribution in [3.05, 3.63) is 53.3 Å². The van der Waals surface area contributed by atoms with Gasteiger partial charge >= 0.3 is 0 Å². The maximum absolute atomic E-state index is 14.3. The van der Waals surface area contributed by atoms with E-state index in [1.54, 1.807) is 12.1 Å². The van der Waals surface area contributed by atoms with E-state index >= 15 is 0 Å². The van der Waals surface area contributed by atoms with Gasteiger partial charge in [0, 0.05) is 6.07 Å². The van der Waals surface area contributed by atoms with Gasteiger partial charge in [-0.15, -0.1) is 0 Å². The Balaban J connectivity index is 1.69. The number of hydrogen-bond donors (Lipinski definition) is 0. The molecule has 0 aromatic heterocycles. The lowest BCUT2D eigenvalue weighted by Gasteiger charge is -2.29. The molecule has 28 heavy (non-hydrogen) atoms. The summed E-state index contributed by atoms with van der Waals surface area (Å²) < 4.78 is 47.3. The standard InChI is InChI=1S/C24H29F3O/c1-3-4-5-6-16-7-9-17(10-8-16)18-11-13-19(14-12-18)22-20(25)15-21(28-2)23(26)24(22)27/h11-17H,3-10H2,1-2H3/t16-,17-. The quantitative estimate of drug-likeness (QED) is 0.349. The fourth-order valence-corrected chi connectivity index (χ4v) is 4.38. The van der Waals surface area contributed by atoms with Gasteiger partial charge in [0.1, 0.15) is 5.82 Å². The summed E-state index contributed by atoms with van der Waals surface area (Å²) in [6.45, 7) is 2.23. The molecule has 2 aromatic rings. The topological polar surface area (TPSA) is 9.23 Å². The summed E-state index contributed by atoms with van der Waals surface area (Å²) in [5, 5.41) is 0. The molecular weight excluding hydrogens is 361 g/mol. The van der Waals surface area contributed by atoms with Crippen LogP contribution in [0.2, 0.25) is 0 Å². The van der Waals surface area contributed by atoms with Crippen LogP contribution in [0.1, 0.15) is 69.8 Å². The predicted octanol–water partition coefficient (Wildman–Crippen LogP) is 7.63. The molecule has 1 fully saturated rings. The lowest BCUT2D eigenvalue weighted by atomic mass is 9.77. The van der Waals surface area contributed by atoms with Gasteiger partial charge in [-0.1, -0.05) is 56.9 Å². The van der Waals surface area contributed by atoms with Gasteiger partial charge in [-0.05, 0) is 48.6 Å². The molecule has 152 valence electrons. The Kier molecular flexibility index (Phi) is 7.03. The van der Waals surface area contributed by atoms with E-state index in [9.17, 15) is 13.2 Å². The average molecular weight is 390 g/mol. The molecule has 0 radical (unpaired) electrons. The van der Waals surface area contributed by atoms with E-state index in [1.807, 2.05) is 12.1 Å². The molecule has 0 unspecified atom stereocenters. The highest BCUT2D eigenvalue weighted by molar-refractivity contribution is 5.66. The van der Waals surface area contributed by atoms with Crippen LogP contribution >= 0.6 is 0 Å². The van der Waals surface area contributed by atoms with Crippen molar-refractivity contribution in [2.24, 2.45) is 5.92 Å². The maximum Gasteiger partial charge on any atom is 0.201 e. The molecule has 0 heterocycles. The van der Waals surface area contributed by atoms with E-state index < -0.39 is 23.2 Å². The van der Waals surface area contributed by atoms with Gasteiger partial charge in [-0.3, -0.25) is 0 Å². The number of ether oxygens (including phenoxy) is 1. The molecule has 0 amide bonds. The SMILES string of the molecule is CCCCC[C@H]1CC[C@H](c2ccc(-c3c(F)cc(OC)c(F)c3F)cc2)CC1. The lowest BCUT2D eigenvalue weighted by molar-refractivity contribution is 0.303. The van der Waals surface area contributed by atoms with Crippen molar-refractivity contribution in [2.75, 3.05) is 7.11 Å². The number of methoxy groups -OCH3 is 1. The largest absolute Gasteiger partial charge is 0.493 e. The highest BCUT2D eigenvalue weighted by Crippen LogP contribution is 2.39. The van der Waals surface area contributed by atoms with Crippen LogP contribution in [0.5, 0.6) is 5.75 Å². The molecule has 0 atom stereocenters. The second-order valence-corrected chi connectivity index (χ2v) is 7.90. The zero-order valence-corrected chi connectivity index (χ0v) is 16.7. The summed E-state index contributed by atoms with van der Waals surface area (Å²) in [7, 11) is 1.18. The van der Waals surface area contributed by atoms with Crippen LogP contribution in [0.15, 0.2) is 30.3 Å². The van der Waals surface area contributed by atoms with Gasteiger partial charge in [0.2, 0.25) is 5.82 Å². The highest BCUT2D eigenvalue weighted by Gasteiger charge is 2.23. The Morgan fingerprint density at radius 3 is 2.21 bits per heavy atom. The minimum Gasteiger partial charge on any atom is -0.493 e. The molecule has 3 rings (SSSR count). The van der Waals surface area contributed by atoms with Gasteiger partial charge in [-0.2, -0.15) is 4.39 Å². The molecule has 4 heteroatoms. The monoisotopic (exact) mass is 390 g/mol. The summed E-state index contributed by atoms with van der Waals surface area (Å²) in [5.74, 6) is -2.28. The van der Waals surface area contributed by atoms with Crippen LogP contribution in [0.4, 0.5) is 13.2 Å². The third-order valence-corrected chi connectivity index (χ3v) is 6.08. The van der Waals surface area contributed by atoms with Crippen LogP contribution in [-0.2, 0) is 0 Å². The Bertz CT molecular complexity index is 777. The smallest absolute Gasteiger partial charge is 0.201 e. The molecule has 1 saturated carbocycles. The van der Waals surface area contributed by atoms with Crippen molar-refractivity contribution >= 4 is 0 Å². The van der Waals surface area contributed by atoms with E-state index in [2.05, 4.69) is 11.7 Å². The Morgan fingerprint density at radius 2 is 1.61 bits per heavy atom. The highest BCUT2D eigenvalue weighted by atomic mass is 19.2. The third-order valence-electron chi connectivity index (χ3n) is 6.08. The number of rotatable bonds is 7. The Morgan fingerprint density at radius 1 is 0.929 bits per heavy atom. The molecule has 0 spiro atoms. The van der Waals surface area contributed by atoms with Gasteiger partial charge in [-0.25, -0.2) is 8.78 Å². The first-order valence-corrected chi connectivity index (χ1v) is 10.4. The molecule has 2 aromatic carbocycles. The molecule has 1 nitrogen and oxygen atoms in total. The second-order valence-electron chi connectivity index (χ2n) is 7.90. The van der Waals surface area contributed by atoms with Gasteiger partial charge in [0.25, 0.3) is 0 Å². The van der Waals surface area contributed by atoms with Crippen molar-refractivity contribution in [2.45, 2.75) is 64.2 Å². The average Bonchev–Trinajstić information content (AvgIpc) is 2.72. The number of unbranched alkanes of at least 4 members (excludes halogenated alkanes) is 2. The minimum absolute atomic E-state index is 0.341. The second kappa shape index (κ2) is 9.49. The van der Waals surface area contributed by atoms with E-state index in [4.69, 9.17) is 0 Å². The third kappa shape index (κ3) is 4.53. The number of hydrogen-bond acceptors (Lipinski definition) is 1. The van der Waals surface area contributed by atoms with Crippen LogP contribution in [0.3, 0.4) is 0 Å². The Hall–Kier alpha value is -1.97. The zero-order valence-electron chi connectivity index (χ0n) is 16.7. The predicted molar refractivity (Wildman–Crippen MR) is 107 cm³/mol. The maximum atomic E-state index is 14.3. The molecule has 0 bridgehead atoms. The minimum atomic E-state index is -1.21. The summed E-state index contributed by atoms with van der Waals surface area (Å²) in [4.78, 5) is 0. The van der Waals surface area contributed by atoms with Crippen molar-refractivity contribution in [1.29, 1.82) is 0 Å². The summed E-state index contributed by atoms with van der Waals surface area (Å²) >= 11 is 0. The summed E-state index contributed by atoms with van der Waals surface area (Å²) in [5.41, 5.74) is 1.20. The van der Waals surface area contributed by atoms with Crippen molar-refractivity contribution in [1.82, 2.24) is 0 Å². The van der Waals surface area contributed by atoms with Gasteiger partial charge in [0.15, 0.2) is 11.6 Å². The Labute approximate surface area is 165 Å². The normalized spacial score (nSPS) is 19.6. The van der Waals surface area contributed by atoms with Crippen LogP contribution in [0.25, 0.3) is 11.1 Å². The van der Waals surface area contributed by atoms with E-state index in [1.165, 1.54) is 51.2 Å². The molecule has 0 saturated heterocycles. The van der Waals surface area contributed by atoms with Crippen molar-refractivity contribution in [3.8, 4) is 16.9 Å². The molecule has 1 aliphatic rings. The fourth-order valence-electron chi connectivity index (χ4n) is 4.38. The van der Waals surface area contributed by atoms with Gasteiger partial charge in [0.05, 0.1) is 12.7 Å². The van der Waals surface area contributed by atoms with Gasteiger partial charge < -0.3 is 4.74 Å². The van der Waals surface area contributed by atoms with Crippen LogP contribution in [-0.4, -0.2) is 7.11 Å². The van der Waals surface area contributed by atoms with E-state index in [0.717, 1.165) is 24.8 Å². The number of benzene rings is 2. The van der Waals surface area contributed by atoms with E-state index in [-0.39, 0.29) is 5.56 Å². The molecule has 1 aliphatic carbocycles. The number of halogens is 3. The molecular formula is C24H29F3O. The van der Waals surface area contributed by atoms with Crippen LogP contribution in [0, 0.1) is 23.4 Å². The first-order chi connectivity index (χ1) is 13.5. The molecule has 0 aliphatic heterocycles. The van der Waals surface area contributed by atoms with Crippen molar-refractivity contribution in [3.63, 3.8) is 0 Å². The fraction of sp³-hybridized carbons (Fsp3) is 0.500. The van der Waals surface area contributed by atoms with E-state index in [0.29, 0.717) is 11.5 Å². The van der Waals surface area contributed by atoms with Crippen LogP contribution < -0.4 is 4.74 Å². The van der Waals surface area contributed by atoms with Crippen molar-refractivity contribution < 1.29 is 17.9 Å². The summed E-state index contributed by atoms with van der Waals surface area (Å²) in [6.07, 6.45) is 10.1. The zero-order chi connectivity index (χ0) is 20.1. The molecule has 0 N–H and O–H groups in total. The summed E-state index contributed by atoms with van der Waals surface area (Å²) in [6, 6.07) is 8.13. The first-order valence-electron chi connectivity index (χ1n) is 10.4.